The molecule has 2 nitrogen and oxygen atoms in total. The van der Waals surface area contributed by atoms with Crippen LogP contribution >= 0.6 is 0 Å². The van der Waals surface area contributed by atoms with Crippen molar-refractivity contribution >= 4 is 82.0 Å². The second kappa shape index (κ2) is 21.7. The normalized spacial score (nSPS) is 12.5. The molecule has 0 atom stereocenters. The molecule has 16 aromatic carbocycles. The van der Waals surface area contributed by atoms with Crippen molar-refractivity contribution in [3.05, 3.63) is 351 Å². The zero-order valence-corrected chi connectivity index (χ0v) is 51.7. The molecule has 0 N–H and O–H groups in total. The Bertz CT molecular complexity index is 5560. The van der Waals surface area contributed by atoms with Gasteiger partial charge < -0.3 is 9.47 Å². The van der Waals surface area contributed by atoms with Gasteiger partial charge in [-0.15, -0.1) is 0 Å². The summed E-state index contributed by atoms with van der Waals surface area (Å²) >= 11 is 0. The molecule has 1 aliphatic rings. The van der Waals surface area contributed by atoms with Crippen molar-refractivity contribution in [3.8, 4) is 83.6 Å². The molecule has 0 aliphatic heterocycles. The highest BCUT2D eigenvalue weighted by Gasteiger charge is 2.36. The van der Waals surface area contributed by atoms with E-state index < -0.39 is 0 Å². The van der Waals surface area contributed by atoms with Gasteiger partial charge in [-0.3, -0.25) is 0 Å². The second-order valence-electron chi connectivity index (χ2n) is 25.4. The second-order valence-corrected chi connectivity index (χ2v) is 25.4. The molecule has 0 saturated carbocycles. The van der Waals surface area contributed by atoms with E-state index in [0.717, 1.165) is 33.8 Å². The molecular formula is C91H62N2. The maximum Gasteiger partial charge on any atom is 0.0618 e. The minimum atomic E-state index is -0.125. The van der Waals surface area contributed by atoms with Crippen molar-refractivity contribution in [3.63, 3.8) is 0 Å². The molecule has 0 fully saturated rings. The van der Waals surface area contributed by atoms with Crippen LogP contribution < -0.4 is 4.90 Å². The predicted octanol–water partition coefficient (Wildman–Crippen LogP) is 25.2. The van der Waals surface area contributed by atoms with E-state index in [1.54, 1.807) is 0 Å². The van der Waals surface area contributed by atoms with Gasteiger partial charge in [0.2, 0.25) is 0 Å². The summed E-state index contributed by atoms with van der Waals surface area (Å²) < 4.78 is 2.46. The predicted molar refractivity (Wildman–Crippen MR) is 396 cm³/mol. The molecule has 0 spiro atoms. The molecule has 0 unspecified atom stereocenters. The SMILES string of the molecule is CC1(C)c2ccccc2-c2ccc(-c3c4ccccc4c(-c4c5ccccc5c(N(c5ccccc5)c5ccc(-n6c7ccc(-c8ccccc8-c8ccccc8)cc7c7cc(-c8ccccc8-c8ccccc8)ccc76)cc5)c5ccccc45)c4ccccc34)cc21. The van der Waals surface area contributed by atoms with E-state index in [1.165, 1.54) is 143 Å². The summed E-state index contributed by atoms with van der Waals surface area (Å²) in [6.45, 7) is 4.76. The Morgan fingerprint density at radius 1 is 0.237 bits per heavy atom. The minimum Gasteiger partial charge on any atom is -0.309 e. The molecule has 0 amide bonds. The van der Waals surface area contributed by atoms with Gasteiger partial charge in [0.05, 0.1) is 16.7 Å². The minimum absolute atomic E-state index is 0.125. The average molecular weight is 1180 g/mol. The Morgan fingerprint density at radius 3 is 1.08 bits per heavy atom. The zero-order valence-electron chi connectivity index (χ0n) is 51.7. The van der Waals surface area contributed by atoms with Crippen molar-refractivity contribution in [1.82, 2.24) is 4.57 Å². The van der Waals surface area contributed by atoms with E-state index in [0.29, 0.717) is 0 Å². The van der Waals surface area contributed by atoms with Gasteiger partial charge in [-0.25, -0.2) is 0 Å². The Labute approximate surface area is 541 Å². The van der Waals surface area contributed by atoms with Crippen molar-refractivity contribution in [2.75, 3.05) is 4.90 Å². The van der Waals surface area contributed by atoms with Gasteiger partial charge in [-0.05, 0) is 188 Å². The van der Waals surface area contributed by atoms with Gasteiger partial charge in [0, 0.05) is 44.0 Å². The molecule has 17 aromatic rings. The number of aromatic nitrogens is 1. The summed E-state index contributed by atoms with van der Waals surface area (Å²) in [5.74, 6) is 0. The van der Waals surface area contributed by atoms with Crippen molar-refractivity contribution in [1.29, 1.82) is 0 Å². The monoisotopic (exact) mass is 1180 g/mol. The molecule has 1 heterocycles. The smallest absolute Gasteiger partial charge is 0.0618 e. The number of para-hydroxylation sites is 1. The summed E-state index contributed by atoms with van der Waals surface area (Å²) in [5.41, 5.74) is 26.6. The van der Waals surface area contributed by atoms with Crippen LogP contribution in [-0.2, 0) is 5.41 Å². The topological polar surface area (TPSA) is 8.17 Å². The van der Waals surface area contributed by atoms with Crippen LogP contribution in [0.5, 0.6) is 0 Å². The van der Waals surface area contributed by atoms with Crippen LogP contribution in [0.25, 0.3) is 148 Å². The number of benzene rings is 16. The highest BCUT2D eigenvalue weighted by Crippen LogP contribution is 2.55. The van der Waals surface area contributed by atoms with Crippen LogP contribution in [0.2, 0.25) is 0 Å². The van der Waals surface area contributed by atoms with E-state index in [2.05, 4.69) is 363 Å². The van der Waals surface area contributed by atoms with Crippen LogP contribution in [0.4, 0.5) is 17.1 Å². The van der Waals surface area contributed by atoms with E-state index in [-0.39, 0.29) is 5.41 Å². The molecule has 18 rings (SSSR count). The lowest BCUT2D eigenvalue weighted by Crippen LogP contribution is -2.14. The Balaban J connectivity index is 0.816. The lowest BCUT2D eigenvalue weighted by Gasteiger charge is -2.30. The first kappa shape index (κ1) is 54.1. The van der Waals surface area contributed by atoms with Gasteiger partial charge in [0.1, 0.15) is 0 Å². The van der Waals surface area contributed by atoms with Gasteiger partial charge in [-0.2, -0.15) is 0 Å². The van der Waals surface area contributed by atoms with Crippen LogP contribution in [-0.4, -0.2) is 4.57 Å². The Morgan fingerprint density at radius 2 is 0.591 bits per heavy atom. The summed E-state index contributed by atoms with van der Waals surface area (Å²) in [6.07, 6.45) is 0. The Kier molecular flexibility index (Phi) is 12.6. The first-order valence-corrected chi connectivity index (χ1v) is 32.4. The molecule has 0 bridgehead atoms. The standard InChI is InChI=1S/C91H62N2/c1-91(2)83-45-25-24-36-71(83)72-53-46-63(58-84(72)91)87-73-37-16-18-39-75(73)88(76-40-19-17-38-74(76)87)89-77-41-20-22-43-79(77)90(80-44-23-21-42-78(80)89)92(64-30-10-5-11-31-64)65-49-51-66(52-50-65)93-85-54-47-61(69-34-14-12-32-67(69)59-26-6-3-7-27-59)56-81(85)82-57-62(48-55-86(82)93)70-35-15-13-33-68(70)60-28-8-4-9-29-60/h3-58H,1-2H3. The maximum atomic E-state index is 2.49. The lowest BCUT2D eigenvalue weighted by atomic mass is 9.80. The fourth-order valence-electron chi connectivity index (χ4n) is 15.8. The molecule has 1 aliphatic carbocycles. The summed E-state index contributed by atoms with van der Waals surface area (Å²) in [4.78, 5) is 2.49. The fraction of sp³-hybridized carbons (Fsp3) is 0.0330. The quantitative estimate of drug-likeness (QED) is 0.124. The number of hydrogen-bond acceptors (Lipinski definition) is 1. The molecule has 1 aromatic heterocycles. The molecule has 0 saturated heterocycles. The molecular weight excluding hydrogens is 1120 g/mol. The molecule has 2 heteroatoms. The molecule has 436 valence electrons. The van der Waals surface area contributed by atoms with Gasteiger partial charge >= 0.3 is 0 Å². The number of anilines is 3. The maximum absolute atomic E-state index is 2.49. The van der Waals surface area contributed by atoms with E-state index >= 15 is 0 Å². The summed E-state index contributed by atoms with van der Waals surface area (Å²) in [6, 6.07) is 126. The fourth-order valence-corrected chi connectivity index (χ4v) is 15.8. The number of nitrogens with zero attached hydrogens (tertiary/aromatic N) is 2. The van der Waals surface area contributed by atoms with E-state index in [1.807, 2.05) is 0 Å². The van der Waals surface area contributed by atoms with Crippen molar-refractivity contribution in [2.45, 2.75) is 19.3 Å². The van der Waals surface area contributed by atoms with Gasteiger partial charge in [0.25, 0.3) is 0 Å². The van der Waals surface area contributed by atoms with Crippen LogP contribution in [0.3, 0.4) is 0 Å². The number of fused-ring (bicyclic) bond motifs is 10. The van der Waals surface area contributed by atoms with E-state index in [9.17, 15) is 0 Å². The van der Waals surface area contributed by atoms with Gasteiger partial charge in [0.15, 0.2) is 0 Å². The largest absolute Gasteiger partial charge is 0.309 e. The van der Waals surface area contributed by atoms with Gasteiger partial charge in [-0.1, -0.05) is 287 Å². The third kappa shape index (κ3) is 8.63. The Hall–Kier alpha value is -11.8. The van der Waals surface area contributed by atoms with E-state index in [4.69, 9.17) is 0 Å². The lowest BCUT2D eigenvalue weighted by molar-refractivity contribution is 0.660. The van der Waals surface area contributed by atoms with Crippen LogP contribution in [0.1, 0.15) is 25.0 Å². The summed E-state index contributed by atoms with van der Waals surface area (Å²) in [7, 11) is 0. The molecule has 0 radical (unpaired) electrons. The zero-order chi connectivity index (χ0) is 61.7. The van der Waals surface area contributed by atoms with Crippen molar-refractivity contribution < 1.29 is 0 Å². The first-order chi connectivity index (χ1) is 45.9. The highest BCUT2D eigenvalue weighted by atomic mass is 15.1. The number of hydrogen-bond donors (Lipinski definition) is 0. The third-order valence-electron chi connectivity index (χ3n) is 20.0. The number of rotatable bonds is 10. The highest BCUT2D eigenvalue weighted by molar-refractivity contribution is 6.30. The van der Waals surface area contributed by atoms with Crippen LogP contribution in [0, 0.1) is 0 Å². The average Bonchev–Trinajstić information content (AvgIpc) is 0.901. The van der Waals surface area contributed by atoms with Crippen molar-refractivity contribution in [2.24, 2.45) is 0 Å². The first-order valence-electron chi connectivity index (χ1n) is 32.4. The van der Waals surface area contributed by atoms with Crippen LogP contribution in [0.15, 0.2) is 340 Å². The summed E-state index contributed by atoms with van der Waals surface area (Å²) in [5, 5.41) is 12.1. The third-order valence-corrected chi connectivity index (χ3v) is 20.0. The molecule has 93 heavy (non-hydrogen) atoms.